The van der Waals surface area contributed by atoms with Crippen LogP contribution in [0.1, 0.15) is 40.5 Å². The van der Waals surface area contributed by atoms with Crippen molar-refractivity contribution in [3.8, 4) is 0 Å². The first-order valence-corrected chi connectivity index (χ1v) is 8.07. The molecule has 1 fully saturated rings. The Bertz CT molecular complexity index is 325. The molecule has 0 aromatic carbocycles. The van der Waals surface area contributed by atoms with Gasteiger partial charge in [0.05, 0.1) is 12.7 Å². The lowest BCUT2D eigenvalue weighted by atomic mass is 9.89. The summed E-state index contributed by atoms with van der Waals surface area (Å²) in [5, 5.41) is 6.83. The number of guanidine groups is 1. The zero-order chi connectivity index (χ0) is 15.9. The molecule has 5 heteroatoms. The molecule has 0 aromatic rings. The molecule has 0 radical (unpaired) electrons. The lowest BCUT2D eigenvalue weighted by Gasteiger charge is -2.30. The van der Waals surface area contributed by atoms with Crippen LogP contribution in [0, 0.1) is 5.41 Å². The van der Waals surface area contributed by atoms with Gasteiger partial charge in [-0.25, -0.2) is 0 Å². The van der Waals surface area contributed by atoms with Gasteiger partial charge in [-0.2, -0.15) is 0 Å². The Labute approximate surface area is 130 Å². The van der Waals surface area contributed by atoms with Gasteiger partial charge in [-0.05, 0) is 32.2 Å². The third-order valence-corrected chi connectivity index (χ3v) is 3.77. The quantitative estimate of drug-likeness (QED) is 0.599. The van der Waals surface area contributed by atoms with Crippen molar-refractivity contribution >= 4 is 5.96 Å². The Morgan fingerprint density at radius 2 is 2.14 bits per heavy atom. The van der Waals surface area contributed by atoms with Crippen LogP contribution in [0.2, 0.25) is 0 Å². The average molecular weight is 298 g/mol. The summed E-state index contributed by atoms with van der Waals surface area (Å²) in [4.78, 5) is 6.60. The molecule has 1 saturated heterocycles. The summed E-state index contributed by atoms with van der Waals surface area (Å²) in [6.07, 6.45) is 2.59. The minimum absolute atomic E-state index is 0.243. The lowest BCUT2D eigenvalue weighted by Crippen LogP contribution is -2.49. The normalized spacial score (nSPS) is 23.0. The highest BCUT2D eigenvalue weighted by atomic mass is 16.5. The summed E-state index contributed by atoms with van der Waals surface area (Å²) in [6, 6.07) is 0.422. The summed E-state index contributed by atoms with van der Waals surface area (Å²) in [5.74, 6) is 0.869. The number of morpholine rings is 1. The Kier molecular flexibility index (Phi) is 7.46. The molecule has 0 bridgehead atoms. The molecule has 0 amide bonds. The Morgan fingerprint density at radius 1 is 1.43 bits per heavy atom. The van der Waals surface area contributed by atoms with E-state index in [1.807, 2.05) is 7.05 Å². The predicted molar refractivity (Wildman–Crippen MR) is 89.9 cm³/mol. The monoisotopic (exact) mass is 298 g/mol. The van der Waals surface area contributed by atoms with E-state index in [0.717, 1.165) is 38.6 Å². The zero-order valence-electron chi connectivity index (χ0n) is 14.7. The molecule has 2 unspecified atom stereocenters. The Morgan fingerprint density at radius 3 is 2.71 bits per heavy atom. The van der Waals surface area contributed by atoms with Crippen molar-refractivity contribution in [3.63, 3.8) is 0 Å². The highest BCUT2D eigenvalue weighted by Gasteiger charge is 2.18. The summed E-state index contributed by atoms with van der Waals surface area (Å²) in [7, 11) is 3.96. The summed E-state index contributed by atoms with van der Waals surface area (Å²) in [6.45, 7) is 12.7. The molecule has 1 aliphatic rings. The molecule has 0 spiro atoms. The van der Waals surface area contributed by atoms with Crippen molar-refractivity contribution in [2.75, 3.05) is 40.3 Å². The summed E-state index contributed by atoms with van der Waals surface area (Å²) < 4.78 is 5.75. The van der Waals surface area contributed by atoms with Gasteiger partial charge in [-0.15, -0.1) is 0 Å². The minimum Gasteiger partial charge on any atom is -0.374 e. The second-order valence-corrected chi connectivity index (χ2v) is 7.35. The van der Waals surface area contributed by atoms with Crippen molar-refractivity contribution in [1.82, 2.24) is 15.5 Å². The molecule has 2 atom stereocenters. The lowest BCUT2D eigenvalue weighted by molar-refractivity contribution is -0.0161. The molecular formula is C16H34N4O. The molecule has 2 N–H and O–H groups in total. The van der Waals surface area contributed by atoms with Crippen LogP contribution in [-0.2, 0) is 4.74 Å². The number of hydrogen-bond acceptors (Lipinski definition) is 3. The highest BCUT2D eigenvalue weighted by Crippen LogP contribution is 2.21. The van der Waals surface area contributed by atoms with E-state index in [-0.39, 0.29) is 6.10 Å². The molecule has 0 saturated carbocycles. The zero-order valence-corrected chi connectivity index (χ0v) is 14.7. The maximum atomic E-state index is 5.75. The van der Waals surface area contributed by atoms with E-state index < -0.39 is 0 Å². The fourth-order valence-corrected chi connectivity index (χ4v) is 2.35. The standard InChI is InChI=1S/C16H34N4O/c1-13(7-8-16(2,3)4)19-15(17-5)18-11-14-12-20(6)9-10-21-14/h13-14H,7-12H2,1-6H3,(H2,17,18,19). The molecular weight excluding hydrogens is 264 g/mol. The number of ether oxygens (including phenoxy) is 1. The van der Waals surface area contributed by atoms with Crippen LogP contribution >= 0.6 is 0 Å². The van der Waals surface area contributed by atoms with Gasteiger partial charge in [-0.1, -0.05) is 20.8 Å². The van der Waals surface area contributed by atoms with Crippen molar-refractivity contribution in [3.05, 3.63) is 0 Å². The summed E-state index contributed by atoms with van der Waals surface area (Å²) >= 11 is 0. The first-order valence-electron chi connectivity index (χ1n) is 8.07. The van der Waals surface area contributed by atoms with E-state index in [1.54, 1.807) is 0 Å². The highest BCUT2D eigenvalue weighted by molar-refractivity contribution is 5.79. The Balaban J connectivity index is 2.28. The predicted octanol–water partition coefficient (Wildman–Crippen LogP) is 1.70. The van der Waals surface area contributed by atoms with Crippen LogP contribution in [0.5, 0.6) is 0 Å². The number of aliphatic imine (C=N–C) groups is 1. The third kappa shape index (κ3) is 8.27. The van der Waals surface area contributed by atoms with Gasteiger partial charge in [0.1, 0.15) is 0 Å². The maximum Gasteiger partial charge on any atom is 0.191 e. The van der Waals surface area contributed by atoms with E-state index in [1.165, 1.54) is 6.42 Å². The van der Waals surface area contributed by atoms with Crippen LogP contribution < -0.4 is 10.6 Å². The van der Waals surface area contributed by atoms with Gasteiger partial charge in [0.2, 0.25) is 0 Å². The van der Waals surface area contributed by atoms with Crippen LogP contribution in [0.4, 0.5) is 0 Å². The van der Waals surface area contributed by atoms with Crippen molar-refractivity contribution in [1.29, 1.82) is 0 Å². The SMILES string of the molecule is CN=C(NCC1CN(C)CCO1)NC(C)CCC(C)(C)C. The molecule has 5 nitrogen and oxygen atoms in total. The number of hydrogen-bond donors (Lipinski definition) is 2. The van der Waals surface area contributed by atoms with E-state index in [2.05, 4.69) is 55.3 Å². The summed E-state index contributed by atoms with van der Waals surface area (Å²) in [5.41, 5.74) is 0.382. The van der Waals surface area contributed by atoms with Gasteiger partial charge in [0.15, 0.2) is 5.96 Å². The topological polar surface area (TPSA) is 48.9 Å². The first-order chi connectivity index (χ1) is 9.80. The fraction of sp³-hybridized carbons (Fsp3) is 0.938. The number of nitrogens with one attached hydrogen (secondary N) is 2. The fourth-order valence-electron chi connectivity index (χ4n) is 2.35. The van der Waals surface area contributed by atoms with Crippen molar-refractivity contribution in [2.24, 2.45) is 10.4 Å². The van der Waals surface area contributed by atoms with Gasteiger partial charge in [0.25, 0.3) is 0 Å². The molecule has 0 aliphatic carbocycles. The van der Waals surface area contributed by atoms with Crippen molar-refractivity contribution < 1.29 is 4.74 Å². The van der Waals surface area contributed by atoms with Crippen LogP contribution in [0.3, 0.4) is 0 Å². The van der Waals surface area contributed by atoms with E-state index in [0.29, 0.717) is 11.5 Å². The van der Waals surface area contributed by atoms with E-state index in [4.69, 9.17) is 4.74 Å². The van der Waals surface area contributed by atoms with Gasteiger partial charge < -0.3 is 20.3 Å². The molecule has 1 heterocycles. The maximum absolute atomic E-state index is 5.75. The number of nitrogens with zero attached hydrogens (tertiary/aromatic N) is 2. The van der Waals surface area contributed by atoms with Crippen LogP contribution in [0.25, 0.3) is 0 Å². The molecule has 1 rings (SSSR count). The second kappa shape index (κ2) is 8.59. The minimum atomic E-state index is 0.243. The van der Waals surface area contributed by atoms with Crippen LogP contribution in [-0.4, -0.2) is 63.3 Å². The van der Waals surface area contributed by atoms with Gasteiger partial charge in [-0.3, -0.25) is 4.99 Å². The van der Waals surface area contributed by atoms with Gasteiger partial charge in [0, 0.05) is 32.7 Å². The Hall–Kier alpha value is -0.810. The van der Waals surface area contributed by atoms with E-state index in [9.17, 15) is 0 Å². The van der Waals surface area contributed by atoms with E-state index >= 15 is 0 Å². The largest absolute Gasteiger partial charge is 0.374 e. The van der Waals surface area contributed by atoms with Crippen LogP contribution in [0.15, 0.2) is 4.99 Å². The molecule has 21 heavy (non-hydrogen) atoms. The third-order valence-electron chi connectivity index (χ3n) is 3.77. The second-order valence-electron chi connectivity index (χ2n) is 7.35. The first kappa shape index (κ1) is 18.2. The van der Waals surface area contributed by atoms with Crippen molar-refractivity contribution in [2.45, 2.75) is 52.7 Å². The molecule has 124 valence electrons. The number of likely N-dealkylation sites (N-methyl/N-ethyl adjacent to an activating group) is 1. The number of rotatable bonds is 5. The smallest absolute Gasteiger partial charge is 0.191 e. The van der Waals surface area contributed by atoms with Gasteiger partial charge >= 0.3 is 0 Å². The molecule has 1 aliphatic heterocycles. The molecule has 0 aromatic heterocycles. The average Bonchev–Trinajstić information content (AvgIpc) is 2.40.